The molecule has 2 atom stereocenters. The second-order valence-corrected chi connectivity index (χ2v) is 14.4. The molecule has 0 aliphatic carbocycles. The van der Waals surface area contributed by atoms with E-state index >= 15 is 0 Å². The van der Waals surface area contributed by atoms with Crippen LogP contribution in [0.2, 0.25) is 0 Å². The van der Waals surface area contributed by atoms with Crippen LogP contribution in [0.1, 0.15) is 63.8 Å². The predicted molar refractivity (Wildman–Crippen MR) is 182 cm³/mol. The van der Waals surface area contributed by atoms with E-state index in [2.05, 4.69) is 167 Å². The van der Waals surface area contributed by atoms with Crippen LogP contribution in [0.5, 0.6) is 0 Å². The van der Waals surface area contributed by atoms with E-state index in [0.29, 0.717) is 0 Å². The Balaban J connectivity index is 1.44. The topological polar surface area (TPSA) is 6.48 Å². The van der Waals surface area contributed by atoms with Gasteiger partial charge in [-0.2, -0.15) is 0 Å². The lowest BCUT2D eigenvalue weighted by molar-refractivity contribution is 0.330. The lowest BCUT2D eigenvalue weighted by Gasteiger charge is -2.52. The number of fused-ring (bicyclic) bond motifs is 4. The van der Waals surface area contributed by atoms with Gasteiger partial charge < -0.3 is 9.80 Å². The van der Waals surface area contributed by atoms with Gasteiger partial charge in [-0.3, -0.25) is 0 Å². The number of nitrogens with zero attached hydrogens (tertiary/aromatic N) is 2. The van der Waals surface area contributed by atoms with Crippen molar-refractivity contribution in [1.82, 2.24) is 0 Å². The molecular weight excluding hydrogens is 519 g/mol. The van der Waals surface area contributed by atoms with Gasteiger partial charge in [0.15, 0.2) is 0 Å². The molecule has 0 aromatic heterocycles. The maximum atomic E-state index is 2.73. The zero-order chi connectivity index (χ0) is 29.5. The fourth-order valence-corrected chi connectivity index (χ4v) is 9.47. The number of anilines is 4. The number of para-hydroxylation sites is 2. The van der Waals surface area contributed by atoms with Gasteiger partial charge in [-0.15, -0.1) is 0 Å². The average Bonchev–Trinajstić information content (AvgIpc) is 3.34. The van der Waals surface area contributed by atoms with Crippen molar-refractivity contribution >= 4 is 45.9 Å². The van der Waals surface area contributed by atoms with Crippen molar-refractivity contribution in [1.29, 1.82) is 0 Å². The summed E-state index contributed by atoms with van der Waals surface area (Å²) in [7, 11) is 0. The Morgan fingerprint density at radius 3 is 1.63 bits per heavy atom. The van der Waals surface area contributed by atoms with E-state index in [-0.39, 0.29) is 28.6 Å². The molecule has 0 fully saturated rings. The molecule has 0 radical (unpaired) electrons. The van der Waals surface area contributed by atoms with Gasteiger partial charge in [0.2, 0.25) is 0 Å². The molecule has 9 rings (SSSR count). The first-order chi connectivity index (χ1) is 20.6. The molecule has 0 saturated carbocycles. The summed E-state index contributed by atoms with van der Waals surface area (Å²) >= 11 is 0. The minimum absolute atomic E-state index is 0.000427. The minimum atomic E-state index is -0.365. The second-order valence-electron chi connectivity index (χ2n) is 14.4. The molecule has 210 valence electrons. The third kappa shape index (κ3) is 2.62. The van der Waals surface area contributed by atoms with Gasteiger partial charge in [0, 0.05) is 39.1 Å². The number of hydrogen-bond acceptors (Lipinski definition) is 2. The van der Waals surface area contributed by atoms with Gasteiger partial charge in [0.1, 0.15) is 0 Å². The first-order valence-electron chi connectivity index (χ1n) is 15.8. The van der Waals surface area contributed by atoms with Crippen molar-refractivity contribution in [3.05, 3.63) is 138 Å². The number of hydrogen-bond donors (Lipinski definition) is 0. The van der Waals surface area contributed by atoms with Gasteiger partial charge in [0.05, 0.1) is 5.54 Å². The van der Waals surface area contributed by atoms with Crippen molar-refractivity contribution in [2.45, 2.75) is 63.5 Å². The molecule has 5 aromatic rings. The van der Waals surface area contributed by atoms with E-state index in [1.54, 1.807) is 0 Å². The highest BCUT2D eigenvalue weighted by Gasteiger charge is 2.63. The van der Waals surface area contributed by atoms with Crippen molar-refractivity contribution in [3.63, 3.8) is 0 Å². The van der Waals surface area contributed by atoms with Crippen molar-refractivity contribution < 1.29 is 0 Å². The molecule has 0 amide bonds. The van der Waals surface area contributed by atoms with Crippen LogP contribution in [0, 0.1) is 0 Å². The third-order valence-electron chi connectivity index (χ3n) is 12.4. The molecule has 2 unspecified atom stereocenters. The van der Waals surface area contributed by atoms with Gasteiger partial charge >= 0.3 is 0 Å². The summed E-state index contributed by atoms with van der Waals surface area (Å²) in [4.78, 5) is 5.42. The Morgan fingerprint density at radius 2 is 1.00 bits per heavy atom. The van der Waals surface area contributed by atoms with E-state index in [4.69, 9.17) is 0 Å². The number of rotatable bonds is 2. The first kappa shape index (κ1) is 25.3. The summed E-state index contributed by atoms with van der Waals surface area (Å²) in [5.74, 6) is 0. The van der Waals surface area contributed by atoms with Crippen LogP contribution in [-0.2, 0) is 16.4 Å². The van der Waals surface area contributed by atoms with Gasteiger partial charge in [-0.05, 0) is 78.5 Å². The van der Waals surface area contributed by atoms with E-state index in [0.717, 1.165) is 0 Å². The van der Waals surface area contributed by atoms with Crippen molar-refractivity contribution in [3.8, 4) is 0 Å². The van der Waals surface area contributed by atoms with Crippen LogP contribution in [-0.4, -0.2) is 12.3 Å². The van der Waals surface area contributed by atoms with E-state index in [1.807, 2.05) is 0 Å². The molecule has 0 spiro atoms. The van der Waals surface area contributed by atoms with Crippen LogP contribution >= 0.6 is 0 Å². The summed E-state index contributed by atoms with van der Waals surface area (Å²) in [6.07, 6.45) is 0. The molecule has 5 aromatic carbocycles. The molecule has 4 aliphatic rings. The molecule has 0 saturated heterocycles. The Bertz CT molecular complexity index is 1980. The zero-order valence-corrected chi connectivity index (χ0v) is 25.9. The molecule has 43 heavy (non-hydrogen) atoms. The molecule has 4 heterocycles. The highest BCUT2D eigenvalue weighted by molar-refractivity contribution is 7.00. The second kappa shape index (κ2) is 7.83. The van der Waals surface area contributed by atoms with E-state index < -0.39 is 0 Å². The predicted octanol–water partition coefficient (Wildman–Crippen LogP) is 7.41. The molecule has 0 N–H and O–H groups in total. The Kier molecular flexibility index (Phi) is 4.60. The Labute approximate surface area is 256 Å². The highest BCUT2D eigenvalue weighted by Crippen LogP contribution is 2.63. The summed E-state index contributed by atoms with van der Waals surface area (Å²) in [6.45, 7) is 14.9. The van der Waals surface area contributed by atoms with Crippen LogP contribution < -0.4 is 26.2 Å². The fraction of sp³-hybridized carbons (Fsp3) is 0.250. The highest BCUT2D eigenvalue weighted by atomic mass is 15.3. The third-order valence-corrected chi connectivity index (χ3v) is 12.4. The normalized spacial score (nSPS) is 24.5. The summed E-state index contributed by atoms with van der Waals surface area (Å²) in [6, 6.07) is 43.7. The quantitative estimate of drug-likeness (QED) is 0.209. The Hall–Kier alpha value is -4.24. The van der Waals surface area contributed by atoms with Crippen LogP contribution in [0.4, 0.5) is 22.7 Å². The average molecular weight is 557 g/mol. The number of benzene rings is 5. The fourth-order valence-electron chi connectivity index (χ4n) is 9.47. The maximum absolute atomic E-state index is 2.73. The van der Waals surface area contributed by atoms with Gasteiger partial charge in [-0.25, -0.2) is 0 Å². The van der Waals surface area contributed by atoms with Crippen LogP contribution in [0.15, 0.2) is 115 Å². The largest absolute Gasteiger partial charge is 0.336 e. The van der Waals surface area contributed by atoms with E-state index in [1.165, 1.54) is 61.4 Å². The van der Waals surface area contributed by atoms with Crippen LogP contribution in [0.25, 0.3) is 0 Å². The molecule has 3 heteroatoms. The summed E-state index contributed by atoms with van der Waals surface area (Å²) in [5.41, 5.74) is 14.6. The van der Waals surface area contributed by atoms with E-state index in [9.17, 15) is 0 Å². The smallest absolute Gasteiger partial charge is 0.252 e. The lowest BCUT2D eigenvalue weighted by Crippen LogP contribution is -2.65. The molecule has 0 bridgehead atoms. The first-order valence-corrected chi connectivity index (χ1v) is 15.8. The molecule has 4 aliphatic heterocycles. The SMILES string of the molecule is CC1(C)c2cccc3c2N(c2cccc4c2B3c2cccc3c2N4C(C)(c2ccccc2)C3(C)c2ccccc2)C1(C)C. The van der Waals surface area contributed by atoms with Crippen LogP contribution in [0.3, 0.4) is 0 Å². The lowest BCUT2D eigenvalue weighted by atomic mass is 9.33. The summed E-state index contributed by atoms with van der Waals surface area (Å²) in [5, 5.41) is 0. The standard InChI is InChI=1S/C40H37BN2/c1-37(2)28-20-13-22-30-35(28)42(38(37,3)4)32-24-15-25-33-34(32)41(30)31-23-14-21-29-36(31)43(33)40(6,27-18-11-8-12-19-27)39(29,5)26-16-9-7-10-17-26/h7-25H,1-6H3. The monoisotopic (exact) mass is 556 g/mol. The maximum Gasteiger partial charge on any atom is 0.252 e. The minimum Gasteiger partial charge on any atom is -0.336 e. The Morgan fingerprint density at radius 1 is 0.488 bits per heavy atom. The van der Waals surface area contributed by atoms with Gasteiger partial charge in [0.25, 0.3) is 6.71 Å². The zero-order valence-electron chi connectivity index (χ0n) is 25.9. The summed E-state index contributed by atoms with van der Waals surface area (Å²) < 4.78 is 0. The van der Waals surface area contributed by atoms with Crippen molar-refractivity contribution in [2.24, 2.45) is 0 Å². The van der Waals surface area contributed by atoms with Gasteiger partial charge in [-0.1, -0.05) is 117 Å². The molecular formula is C40H37BN2. The van der Waals surface area contributed by atoms with Crippen molar-refractivity contribution in [2.75, 3.05) is 9.80 Å². The molecule has 2 nitrogen and oxygen atoms in total.